The van der Waals surface area contributed by atoms with E-state index in [-0.39, 0.29) is 0 Å². The van der Waals surface area contributed by atoms with E-state index >= 15 is 0 Å². The first-order valence-corrected chi connectivity index (χ1v) is 28.6. The zero-order valence-electron chi connectivity index (χ0n) is 41.6. The maximum atomic E-state index is 5.95. The fourth-order valence-electron chi connectivity index (χ4n) is 9.02. The first-order chi connectivity index (χ1) is 35.4. The van der Waals surface area contributed by atoms with Crippen LogP contribution in [0.2, 0.25) is 0 Å². The summed E-state index contributed by atoms with van der Waals surface area (Å²) in [6.45, 7) is 10.4. The number of hydrogen-bond donors (Lipinski definition) is 0. The van der Waals surface area contributed by atoms with E-state index in [0.717, 1.165) is 37.6 Å². The minimum Gasteiger partial charge on any atom is -0.494 e. The van der Waals surface area contributed by atoms with Crippen LogP contribution < -0.4 is 18.5 Å². The first kappa shape index (κ1) is 49.1. The maximum absolute atomic E-state index is 5.95. The van der Waals surface area contributed by atoms with E-state index in [1.54, 1.807) is 0 Å². The highest BCUT2D eigenvalue weighted by Crippen LogP contribution is 2.38. The summed E-state index contributed by atoms with van der Waals surface area (Å²) < 4.78 is 17.0. The molecule has 4 aromatic heterocycles. The van der Waals surface area contributed by atoms with Gasteiger partial charge in [-0.05, 0) is 161 Å². The number of thiophene rings is 4. The second kappa shape index (κ2) is 23.3. The van der Waals surface area contributed by atoms with Crippen LogP contribution in [0, 0.1) is 16.0 Å². The molecule has 0 N–H and O–H groups in total. The van der Waals surface area contributed by atoms with E-state index < -0.39 is 0 Å². The molecule has 0 saturated carbocycles. The largest absolute Gasteiger partial charge is 0.494 e. The Bertz CT molecular complexity index is 3570. The molecule has 0 spiro atoms. The van der Waals surface area contributed by atoms with Crippen molar-refractivity contribution < 1.29 is 9.47 Å². The minimum atomic E-state index is 0.773. The normalized spacial score (nSPS) is 12.7. The molecule has 0 atom stereocenters. The molecule has 0 unspecified atom stereocenters. The van der Waals surface area contributed by atoms with E-state index in [0.29, 0.717) is 0 Å². The highest BCUT2D eigenvalue weighted by molar-refractivity contribution is 7.22. The van der Waals surface area contributed by atoms with E-state index in [9.17, 15) is 0 Å². The van der Waals surface area contributed by atoms with Gasteiger partial charge < -0.3 is 9.47 Å². The number of rotatable bonds is 18. The van der Waals surface area contributed by atoms with Crippen molar-refractivity contribution >= 4 is 56.5 Å². The number of aryl methyl sites for hydroxylation is 1. The van der Waals surface area contributed by atoms with Crippen LogP contribution in [-0.4, -0.2) is 13.2 Å². The molecular formula is C66H60O2S4. The van der Waals surface area contributed by atoms with Crippen molar-refractivity contribution in [2.45, 2.75) is 66.2 Å². The van der Waals surface area contributed by atoms with Gasteiger partial charge in [0, 0.05) is 43.2 Å². The highest BCUT2D eigenvalue weighted by atomic mass is 32.1. The molecule has 6 aromatic carbocycles. The molecule has 360 valence electrons. The summed E-state index contributed by atoms with van der Waals surface area (Å²) in [7, 11) is 0. The van der Waals surface area contributed by atoms with Gasteiger partial charge in [0.15, 0.2) is 0 Å². The molecule has 6 heteroatoms. The van der Waals surface area contributed by atoms with Crippen molar-refractivity contribution in [3.05, 3.63) is 233 Å². The van der Waals surface area contributed by atoms with Crippen molar-refractivity contribution in [1.82, 2.24) is 0 Å². The third-order valence-corrected chi connectivity index (χ3v) is 18.0. The van der Waals surface area contributed by atoms with Crippen molar-refractivity contribution in [2.24, 2.45) is 0 Å². The number of unbranched alkanes of at least 4 members (excludes halogenated alkanes) is 4. The van der Waals surface area contributed by atoms with Crippen molar-refractivity contribution in [3.63, 3.8) is 0 Å². The van der Waals surface area contributed by atoms with Gasteiger partial charge in [-0.2, -0.15) is 0 Å². The Kier molecular flexibility index (Phi) is 15.9. The van der Waals surface area contributed by atoms with Crippen molar-refractivity contribution in [1.29, 1.82) is 0 Å². The Morgan fingerprint density at radius 1 is 0.361 bits per heavy atom. The van der Waals surface area contributed by atoms with Gasteiger partial charge in [-0.25, -0.2) is 0 Å². The van der Waals surface area contributed by atoms with Gasteiger partial charge in [0.2, 0.25) is 0 Å². The predicted octanol–water partition coefficient (Wildman–Crippen LogP) is 18.5. The summed E-state index contributed by atoms with van der Waals surface area (Å²) in [5, 5.41) is 0. The lowest BCUT2D eigenvalue weighted by molar-refractivity contribution is 0.306. The van der Waals surface area contributed by atoms with Crippen LogP contribution in [0.25, 0.3) is 65.4 Å². The fourth-order valence-corrected chi connectivity index (χ4v) is 13.3. The van der Waals surface area contributed by atoms with Gasteiger partial charge in [0.05, 0.1) is 13.2 Å². The van der Waals surface area contributed by atoms with Crippen LogP contribution in [0.5, 0.6) is 11.5 Å². The molecule has 0 amide bonds. The fraction of sp³-hybridized carbons (Fsp3) is 0.182. The van der Waals surface area contributed by atoms with Gasteiger partial charge in [0.25, 0.3) is 0 Å². The Morgan fingerprint density at radius 2 is 0.750 bits per heavy atom. The highest BCUT2D eigenvalue weighted by Gasteiger charge is 2.14. The molecule has 10 aromatic rings. The van der Waals surface area contributed by atoms with Crippen LogP contribution in [-0.2, 0) is 0 Å². The maximum Gasteiger partial charge on any atom is 0.119 e. The topological polar surface area (TPSA) is 18.5 Å². The van der Waals surface area contributed by atoms with Gasteiger partial charge >= 0.3 is 0 Å². The number of hydrogen-bond acceptors (Lipinski definition) is 6. The second-order valence-electron chi connectivity index (χ2n) is 18.4. The lowest BCUT2D eigenvalue weighted by Gasteiger charge is -2.09. The molecule has 0 aliphatic rings. The molecule has 10 rings (SSSR count). The smallest absolute Gasteiger partial charge is 0.119 e. The predicted molar refractivity (Wildman–Crippen MR) is 312 cm³/mol. The molecule has 0 saturated heterocycles. The van der Waals surface area contributed by atoms with Crippen LogP contribution in [0.1, 0.15) is 80.2 Å². The Morgan fingerprint density at radius 3 is 1.19 bits per heavy atom. The molecule has 0 aliphatic heterocycles. The average Bonchev–Trinajstić information content (AvgIpc) is 4.29. The molecule has 72 heavy (non-hydrogen) atoms. The third kappa shape index (κ3) is 11.7. The number of benzene rings is 6. The van der Waals surface area contributed by atoms with Gasteiger partial charge in [-0.1, -0.05) is 161 Å². The second-order valence-corrected chi connectivity index (χ2v) is 22.9. The summed E-state index contributed by atoms with van der Waals surface area (Å²) in [6.07, 6.45) is 7.00. The van der Waals surface area contributed by atoms with Crippen LogP contribution in [0.3, 0.4) is 0 Å². The minimum absolute atomic E-state index is 0.773. The average molecular weight is 1010 g/mol. The standard InChI is InChI=1S/C66H60O2S4/c1-5-7-9-43-67-57-32-28-54(29-33-57)51-20-16-49(17-21-51)48-14-12-47(13-15-48)46(4)59-37-38-62(70-59)63-40-42-65(72-63)66(64-41-39-61(71-64)60-36-11-45(3)69-60)56-26-24-53(25-27-56)50-18-22-52(23-19-50)55-30-34-58(35-31-55)68-44-10-8-6-2/h11-42H,5-10,43-44H2,1-4H3/b59-46-,63-62+,66-65-. The molecule has 0 bridgehead atoms. The van der Waals surface area contributed by atoms with Crippen molar-refractivity contribution in [3.8, 4) is 65.8 Å². The van der Waals surface area contributed by atoms with E-state index in [2.05, 4.69) is 222 Å². The number of ether oxygens (including phenoxy) is 2. The van der Waals surface area contributed by atoms with Gasteiger partial charge in [-0.15, -0.1) is 45.3 Å². The van der Waals surface area contributed by atoms with E-state index in [1.807, 2.05) is 45.3 Å². The third-order valence-electron chi connectivity index (χ3n) is 13.2. The summed E-state index contributed by atoms with van der Waals surface area (Å²) in [4.78, 5) is 5.25. The summed E-state index contributed by atoms with van der Waals surface area (Å²) in [5.41, 5.74) is 14.7. The SMILES string of the molecule is CCCCCOc1ccc(-c2ccc(-c3ccc(/C(C)=c4/cc/c(=c5/cc/c(=C(\c6ccc(-c7ccc(-c8ccc(OCCCCC)cc8)cc7)cc6)c6ccc(-c7ccc(C)s7)s6)s5)s4)cc3)cc2)cc1. The molecule has 4 heterocycles. The first-order valence-electron chi connectivity index (χ1n) is 25.4. The summed E-state index contributed by atoms with van der Waals surface area (Å²) in [6, 6.07) is 71.3. The van der Waals surface area contributed by atoms with Crippen LogP contribution in [0.4, 0.5) is 0 Å². The van der Waals surface area contributed by atoms with Crippen LogP contribution >= 0.6 is 45.3 Å². The Labute approximate surface area is 441 Å². The Balaban J connectivity index is 0.893. The lowest BCUT2D eigenvalue weighted by atomic mass is 9.97. The molecule has 2 nitrogen and oxygen atoms in total. The van der Waals surface area contributed by atoms with Crippen LogP contribution in [0.15, 0.2) is 194 Å². The van der Waals surface area contributed by atoms with Gasteiger partial charge in [0.1, 0.15) is 11.5 Å². The quantitative estimate of drug-likeness (QED) is 0.0798. The zero-order chi connectivity index (χ0) is 49.2. The zero-order valence-corrected chi connectivity index (χ0v) is 44.8. The molecule has 0 radical (unpaired) electrons. The Hall–Kier alpha value is -6.54. The van der Waals surface area contributed by atoms with E-state index in [4.69, 9.17) is 9.47 Å². The van der Waals surface area contributed by atoms with Crippen molar-refractivity contribution in [2.75, 3.05) is 13.2 Å². The lowest BCUT2D eigenvalue weighted by Crippen LogP contribution is -2.01. The monoisotopic (exact) mass is 1010 g/mol. The molecule has 0 fully saturated rings. The van der Waals surface area contributed by atoms with Gasteiger partial charge in [-0.3, -0.25) is 0 Å². The molecule has 0 aliphatic carbocycles. The van der Waals surface area contributed by atoms with E-state index in [1.165, 1.54) is 130 Å². The summed E-state index contributed by atoms with van der Waals surface area (Å²) in [5.74, 6) is 1.87. The molecular weight excluding hydrogens is 953 g/mol. The summed E-state index contributed by atoms with van der Waals surface area (Å²) >= 11 is 7.50.